The van der Waals surface area contributed by atoms with Crippen molar-refractivity contribution in [1.82, 2.24) is 0 Å². The molecule has 0 aliphatic carbocycles. The Morgan fingerprint density at radius 2 is 0.333 bits per heavy atom. The van der Waals surface area contributed by atoms with E-state index in [1.54, 1.807) is 0 Å². The molecule has 0 nitrogen and oxygen atoms in total. The highest BCUT2D eigenvalue weighted by Crippen LogP contribution is 1.42. The van der Waals surface area contributed by atoms with Gasteiger partial charge in [0.25, 0.3) is 0 Å². The highest BCUT2D eigenvalue weighted by Gasteiger charge is 1.00. The molecular formula is C7H29F5. The second-order valence-electron chi connectivity index (χ2n) is 0. The molecule has 0 aliphatic heterocycles. The molecule has 0 fully saturated rings. The first-order chi connectivity index (χ1) is 2.00. The van der Waals surface area contributed by atoms with E-state index in [2.05, 4.69) is 0 Å². The van der Waals surface area contributed by atoms with Gasteiger partial charge >= 0.3 is 0 Å². The van der Waals surface area contributed by atoms with Gasteiger partial charge in [-0.3, -0.25) is 4.70 Å². The van der Waals surface area contributed by atoms with Crippen LogP contribution in [0.3, 0.4) is 0 Å². The molecule has 0 unspecified atom stereocenters. The third-order valence-corrected chi connectivity index (χ3v) is 0. The van der Waals surface area contributed by atoms with Crippen LogP contribution in [0.25, 0.3) is 0 Å². The van der Waals surface area contributed by atoms with Crippen molar-refractivity contribution < 1.29 is 23.0 Å². The average Bonchev–Trinajstić information content (AvgIpc) is 1.50. The largest absolute Gasteiger partial charge is 0.269 e. The predicted molar refractivity (Wildman–Crippen MR) is 54.1 cm³/mol. The van der Waals surface area contributed by atoms with Crippen molar-refractivity contribution >= 4 is 0 Å². The Balaban J connectivity index is -0.000000000500. The maximum absolute atomic E-state index is 8.00. The van der Waals surface area contributed by atoms with Gasteiger partial charge in [-0.15, -0.1) is 0 Å². The van der Waals surface area contributed by atoms with Gasteiger partial charge in [-0.2, -0.15) is 0 Å². The van der Waals surface area contributed by atoms with E-state index < -0.39 is 0 Å². The van der Waals surface area contributed by atoms with Gasteiger partial charge < -0.3 is 0 Å². The molecule has 0 saturated carbocycles. The molecule has 0 N–H and O–H groups in total. The summed E-state index contributed by atoms with van der Waals surface area (Å²) in [5.41, 5.74) is 0. The Morgan fingerprint density at radius 3 is 0.333 bits per heavy atom. The molecule has 0 bridgehead atoms. The number of halogens is 5. The van der Waals surface area contributed by atoms with Crippen molar-refractivity contribution in [3.05, 3.63) is 0 Å². The summed E-state index contributed by atoms with van der Waals surface area (Å²) >= 11 is 0. The van der Waals surface area contributed by atoms with Crippen LogP contribution in [0.5, 0.6) is 0 Å². The SMILES string of the molecule is C.C.C.C.C.C.C.F.FF.FF. The summed E-state index contributed by atoms with van der Waals surface area (Å²) in [6.07, 6.45) is 0. The number of hydrogen-bond acceptors (Lipinski definition) is 0. The van der Waals surface area contributed by atoms with Gasteiger partial charge in [0.15, 0.2) is 0 Å². The van der Waals surface area contributed by atoms with E-state index in [9.17, 15) is 0 Å². The Hall–Kier alpha value is -0.350. The van der Waals surface area contributed by atoms with Crippen molar-refractivity contribution in [2.24, 2.45) is 0 Å². The molecule has 0 atom stereocenters. The van der Waals surface area contributed by atoms with Gasteiger partial charge in [-0.05, 0) is 0 Å². The van der Waals surface area contributed by atoms with Crippen LogP contribution in [-0.4, -0.2) is 0 Å². The van der Waals surface area contributed by atoms with E-state index in [0.717, 1.165) is 0 Å². The van der Waals surface area contributed by atoms with Gasteiger partial charge in [0.05, 0.1) is 0 Å². The second-order valence-corrected chi connectivity index (χ2v) is 0. The molecule has 0 aromatic rings. The molecule has 0 aromatic carbocycles. The van der Waals surface area contributed by atoms with Gasteiger partial charge in [0, 0.05) is 18.3 Å². The van der Waals surface area contributed by atoms with Crippen LogP contribution in [0.15, 0.2) is 0 Å². The molecule has 0 rings (SSSR count). The van der Waals surface area contributed by atoms with E-state index in [4.69, 9.17) is 18.3 Å². The van der Waals surface area contributed by atoms with Crippen LogP contribution < -0.4 is 0 Å². The number of hydrogen-bond donors (Lipinski definition) is 0. The number of rotatable bonds is 0. The van der Waals surface area contributed by atoms with Crippen molar-refractivity contribution in [3.8, 4) is 0 Å². The smallest absolute Gasteiger partial charge is 0 e. The average molecular weight is 208 g/mol. The summed E-state index contributed by atoms with van der Waals surface area (Å²) < 4.78 is 32.0. The molecule has 0 aromatic heterocycles. The van der Waals surface area contributed by atoms with Gasteiger partial charge in [-0.1, -0.05) is 52.0 Å². The van der Waals surface area contributed by atoms with Gasteiger partial charge in [0.2, 0.25) is 0 Å². The molecule has 0 spiro atoms. The van der Waals surface area contributed by atoms with Crippen LogP contribution >= 0.6 is 0 Å². The van der Waals surface area contributed by atoms with Gasteiger partial charge in [-0.25, -0.2) is 0 Å². The highest BCUT2D eigenvalue weighted by molar-refractivity contribution is 2.51. The summed E-state index contributed by atoms with van der Waals surface area (Å²) in [5, 5.41) is 0. The molecule has 0 saturated heterocycles. The Bertz CT molecular complexity index is 11.8. The van der Waals surface area contributed by atoms with Crippen LogP contribution in [0.4, 0.5) is 23.0 Å². The molecule has 0 radical (unpaired) electrons. The fourth-order valence-corrected chi connectivity index (χ4v) is 0. The van der Waals surface area contributed by atoms with Crippen LogP contribution in [-0.2, 0) is 0 Å². The minimum absolute atomic E-state index is 0. The standard InChI is InChI=1S/7CH4.2F2.FH/c;;;;;;;2*1-2;/h7*1H4;;;1H. The third-order valence-electron chi connectivity index (χ3n) is 0. The van der Waals surface area contributed by atoms with E-state index in [-0.39, 0.29) is 56.7 Å². The quantitative estimate of drug-likeness (QED) is 0.410. The molecular weight excluding hydrogens is 179 g/mol. The van der Waals surface area contributed by atoms with Crippen LogP contribution in [0.1, 0.15) is 52.0 Å². The zero-order valence-corrected chi connectivity index (χ0v) is 1.92. The lowest BCUT2D eigenvalue weighted by Crippen LogP contribution is -0.580. The maximum atomic E-state index is 8.00. The second kappa shape index (κ2) is 8100. The molecule has 5 heteroatoms. The van der Waals surface area contributed by atoms with Crippen molar-refractivity contribution in [2.75, 3.05) is 0 Å². The minimum atomic E-state index is 0. The summed E-state index contributed by atoms with van der Waals surface area (Å²) in [4.78, 5) is 0. The first kappa shape index (κ1) is 485. The molecule has 12 heavy (non-hydrogen) atoms. The monoisotopic (exact) mass is 208 g/mol. The van der Waals surface area contributed by atoms with Crippen molar-refractivity contribution in [2.45, 2.75) is 52.0 Å². The van der Waals surface area contributed by atoms with E-state index in [1.165, 1.54) is 0 Å². The Kier molecular flexibility index (Phi) is 327000. The maximum Gasteiger partial charge on any atom is 0 e. The fourth-order valence-electron chi connectivity index (χ4n) is 0. The summed E-state index contributed by atoms with van der Waals surface area (Å²) in [6.45, 7) is 0. The van der Waals surface area contributed by atoms with Crippen molar-refractivity contribution in [3.63, 3.8) is 0 Å². The lowest BCUT2D eigenvalue weighted by atomic mass is 12.0. The van der Waals surface area contributed by atoms with Crippen LogP contribution in [0.2, 0.25) is 0 Å². The van der Waals surface area contributed by atoms with Crippen molar-refractivity contribution in [1.29, 1.82) is 0 Å². The zero-order chi connectivity index (χ0) is 4.00. The summed E-state index contributed by atoms with van der Waals surface area (Å²) in [5.74, 6) is 0. The summed E-state index contributed by atoms with van der Waals surface area (Å²) in [6, 6.07) is 0. The Labute approximate surface area is 76.1 Å². The van der Waals surface area contributed by atoms with E-state index >= 15 is 0 Å². The lowest BCUT2D eigenvalue weighted by molar-refractivity contribution is 0.108. The predicted octanol–water partition coefficient (Wildman–Crippen LogP) is 6.29. The summed E-state index contributed by atoms with van der Waals surface area (Å²) in [7, 11) is 0. The lowest BCUT2D eigenvalue weighted by Gasteiger charge is -1.00. The normalized spacial score (nSPS) is 1.00. The molecule has 0 aliphatic rings. The third kappa shape index (κ3) is 5890. The zero-order valence-electron chi connectivity index (χ0n) is 1.92. The van der Waals surface area contributed by atoms with E-state index in [1.807, 2.05) is 0 Å². The molecule has 92 valence electrons. The first-order valence-corrected chi connectivity index (χ1v) is 0.286. The van der Waals surface area contributed by atoms with Crippen LogP contribution in [0, 0.1) is 0 Å². The molecule has 0 heterocycles. The topological polar surface area (TPSA) is 0 Å². The molecule has 0 amide bonds. The van der Waals surface area contributed by atoms with Gasteiger partial charge in [0.1, 0.15) is 0 Å². The fraction of sp³-hybridized carbons (Fsp3) is 1.00. The highest BCUT2D eigenvalue weighted by atomic mass is 20.0. The first-order valence-electron chi connectivity index (χ1n) is 0.286. The Morgan fingerprint density at radius 1 is 0.333 bits per heavy atom. The van der Waals surface area contributed by atoms with E-state index in [0.29, 0.717) is 0 Å². The minimum Gasteiger partial charge on any atom is -0.269 e.